The Morgan fingerprint density at radius 2 is 1.84 bits per heavy atom. The molecule has 0 aromatic heterocycles. The Bertz CT molecular complexity index is 919. The molecule has 2 rings (SSSR count). The van der Waals surface area contributed by atoms with Gasteiger partial charge in [0.05, 0.1) is 18.8 Å². The normalized spacial score (nSPS) is 16.9. The van der Waals surface area contributed by atoms with Crippen molar-refractivity contribution in [1.29, 1.82) is 0 Å². The highest BCUT2D eigenvalue weighted by Gasteiger charge is 2.48. The van der Waals surface area contributed by atoms with Crippen molar-refractivity contribution >= 4 is 27.9 Å². The Morgan fingerprint density at radius 3 is 2.41 bits per heavy atom. The van der Waals surface area contributed by atoms with Gasteiger partial charge in [-0.2, -0.15) is 0 Å². The van der Waals surface area contributed by atoms with Crippen LogP contribution in [-0.4, -0.2) is 81.3 Å². The van der Waals surface area contributed by atoms with Gasteiger partial charge < -0.3 is 14.4 Å². The molecule has 1 atom stereocenters. The quantitative estimate of drug-likeness (QED) is 0.277. The van der Waals surface area contributed by atoms with Crippen molar-refractivity contribution in [3.8, 4) is 5.75 Å². The topological polar surface area (TPSA) is 122 Å². The summed E-state index contributed by atoms with van der Waals surface area (Å²) >= 11 is 0. The number of imide groups is 1. The molecular weight excluding hydrogens is 438 g/mol. The fraction of sp³-hybridized carbons (Fsp3) is 0.571. The van der Waals surface area contributed by atoms with Gasteiger partial charge >= 0.3 is 12.0 Å². The summed E-state index contributed by atoms with van der Waals surface area (Å²) in [5.74, 6) is -1.75. The summed E-state index contributed by atoms with van der Waals surface area (Å²) in [6, 6.07) is 8.57. The van der Waals surface area contributed by atoms with Gasteiger partial charge in [0.15, 0.2) is 0 Å². The van der Waals surface area contributed by atoms with Crippen LogP contribution in [0.3, 0.4) is 0 Å². The van der Waals surface area contributed by atoms with Crippen molar-refractivity contribution in [3.63, 3.8) is 0 Å². The van der Waals surface area contributed by atoms with Crippen LogP contribution in [0.4, 0.5) is 4.79 Å². The van der Waals surface area contributed by atoms with E-state index >= 15 is 0 Å². The van der Waals surface area contributed by atoms with Crippen LogP contribution in [0.15, 0.2) is 30.3 Å². The Hall–Kier alpha value is -2.66. The second kappa shape index (κ2) is 10.8. The van der Waals surface area contributed by atoms with Crippen LogP contribution in [0.25, 0.3) is 0 Å². The van der Waals surface area contributed by atoms with Crippen molar-refractivity contribution < 1.29 is 32.3 Å². The molecule has 1 unspecified atom stereocenters. The van der Waals surface area contributed by atoms with E-state index in [4.69, 9.17) is 9.47 Å². The van der Waals surface area contributed by atoms with Crippen LogP contribution in [0, 0.1) is 5.92 Å². The van der Waals surface area contributed by atoms with E-state index in [0.29, 0.717) is 5.75 Å². The van der Waals surface area contributed by atoms with Gasteiger partial charge in [0, 0.05) is 20.1 Å². The Morgan fingerprint density at radius 1 is 1.19 bits per heavy atom. The van der Waals surface area contributed by atoms with Gasteiger partial charge in [0.1, 0.15) is 17.9 Å². The molecule has 1 aliphatic rings. The van der Waals surface area contributed by atoms with E-state index in [-0.39, 0.29) is 38.4 Å². The number of para-hydroxylation sites is 1. The van der Waals surface area contributed by atoms with E-state index in [1.54, 1.807) is 33.0 Å². The molecule has 3 amide bonds. The largest absolute Gasteiger partial charge is 0.492 e. The molecule has 1 N–H and O–H groups in total. The SMILES string of the molecule is COC(=O)C(CCCN1C(=O)N(C)C(C)(C)C1=O)CS(=O)(=O)NCCOc1ccccc1. The minimum atomic E-state index is -3.78. The van der Waals surface area contributed by atoms with Crippen molar-refractivity contribution in [2.24, 2.45) is 5.92 Å². The van der Waals surface area contributed by atoms with Gasteiger partial charge in [-0.3, -0.25) is 14.5 Å². The van der Waals surface area contributed by atoms with Crippen molar-refractivity contribution in [3.05, 3.63) is 30.3 Å². The van der Waals surface area contributed by atoms with Gasteiger partial charge in [-0.25, -0.2) is 17.9 Å². The Balaban J connectivity index is 1.86. The molecule has 178 valence electrons. The average Bonchev–Trinajstić information content (AvgIpc) is 2.90. The predicted molar refractivity (Wildman–Crippen MR) is 117 cm³/mol. The maximum atomic E-state index is 12.4. The lowest BCUT2D eigenvalue weighted by Gasteiger charge is -2.22. The third kappa shape index (κ3) is 6.42. The number of rotatable bonds is 12. The van der Waals surface area contributed by atoms with Gasteiger partial charge in [0.2, 0.25) is 10.0 Å². The van der Waals surface area contributed by atoms with Gasteiger partial charge in [-0.05, 0) is 38.8 Å². The fourth-order valence-corrected chi connectivity index (χ4v) is 4.66. The van der Waals surface area contributed by atoms with Crippen LogP contribution < -0.4 is 9.46 Å². The van der Waals surface area contributed by atoms with Crippen LogP contribution in [0.1, 0.15) is 26.7 Å². The molecule has 0 radical (unpaired) electrons. The fourth-order valence-electron chi connectivity index (χ4n) is 3.32. The number of carbonyl (C=O) groups excluding carboxylic acids is 3. The molecule has 1 fully saturated rings. The number of sulfonamides is 1. The lowest BCUT2D eigenvalue weighted by Crippen LogP contribution is -2.41. The average molecular weight is 470 g/mol. The maximum absolute atomic E-state index is 12.4. The first-order chi connectivity index (χ1) is 15.0. The molecule has 32 heavy (non-hydrogen) atoms. The minimum Gasteiger partial charge on any atom is -0.492 e. The van der Waals surface area contributed by atoms with E-state index in [9.17, 15) is 22.8 Å². The number of hydrogen-bond donors (Lipinski definition) is 1. The highest BCUT2D eigenvalue weighted by Crippen LogP contribution is 2.26. The maximum Gasteiger partial charge on any atom is 0.327 e. The summed E-state index contributed by atoms with van der Waals surface area (Å²) in [5.41, 5.74) is -0.937. The monoisotopic (exact) mass is 469 g/mol. The molecule has 1 aliphatic heterocycles. The van der Waals surface area contributed by atoms with Crippen molar-refractivity contribution in [2.45, 2.75) is 32.2 Å². The zero-order valence-electron chi connectivity index (χ0n) is 18.9. The Labute approximate surface area is 188 Å². The number of nitrogens with zero attached hydrogens (tertiary/aromatic N) is 2. The number of carbonyl (C=O) groups is 3. The van der Waals surface area contributed by atoms with E-state index in [1.807, 2.05) is 18.2 Å². The van der Waals surface area contributed by atoms with Crippen LogP contribution >= 0.6 is 0 Å². The molecule has 1 aromatic rings. The molecule has 10 nitrogen and oxygen atoms in total. The first-order valence-electron chi connectivity index (χ1n) is 10.3. The van der Waals surface area contributed by atoms with E-state index in [2.05, 4.69) is 4.72 Å². The van der Waals surface area contributed by atoms with Crippen LogP contribution in [0.2, 0.25) is 0 Å². The van der Waals surface area contributed by atoms with Crippen LogP contribution in [0.5, 0.6) is 5.75 Å². The summed E-state index contributed by atoms with van der Waals surface area (Å²) in [7, 11) is -1.03. The van der Waals surface area contributed by atoms with Crippen LogP contribution in [-0.2, 0) is 24.3 Å². The second-order valence-electron chi connectivity index (χ2n) is 8.06. The molecule has 11 heteroatoms. The summed E-state index contributed by atoms with van der Waals surface area (Å²) in [6.07, 6.45) is 0.420. The van der Waals surface area contributed by atoms with Gasteiger partial charge in [-0.1, -0.05) is 18.2 Å². The number of ether oxygens (including phenoxy) is 2. The molecule has 1 heterocycles. The van der Waals surface area contributed by atoms with Gasteiger partial charge in [0.25, 0.3) is 5.91 Å². The second-order valence-corrected chi connectivity index (χ2v) is 9.91. The summed E-state index contributed by atoms with van der Waals surface area (Å²) in [5, 5.41) is 0. The third-order valence-electron chi connectivity index (χ3n) is 5.45. The number of nitrogens with one attached hydrogen (secondary N) is 1. The number of esters is 1. The molecule has 0 spiro atoms. The Kier molecular flexibility index (Phi) is 8.62. The number of amides is 3. The summed E-state index contributed by atoms with van der Waals surface area (Å²) in [4.78, 5) is 39.4. The van der Waals surface area contributed by atoms with Gasteiger partial charge in [-0.15, -0.1) is 0 Å². The molecule has 1 aromatic carbocycles. The lowest BCUT2D eigenvalue weighted by atomic mass is 10.0. The number of urea groups is 1. The molecule has 0 saturated carbocycles. The molecule has 0 bridgehead atoms. The lowest BCUT2D eigenvalue weighted by molar-refractivity contribution is -0.144. The van der Waals surface area contributed by atoms with E-state index in [0.717, 1.165) is 4.90 Å². The molecular formula is C21H31N3O7S. The minimum absolute atomic E-state index is 0.0450. The number of likely N-dealkylation sites (N-methyl/N-ethyl adjacent to an activating group) is 1. The van der Waals surface area contributed by atoms with E-state index < -0.39 is 39.2 Å². The first-order valence-corrected chi connectivity index (χ1v) is 12.0. The highest BCUT2D eigenvalue weighted by molar-refractivity contribution is 7.89. The third-order valence-corrected chi connectivity index (χ3v) is 6.94. The summed E-state index contributed by atoms with van der Waals surface area (Å²) < 4.78 is 37.5. The molecule has 1 saturated heterocycles. The zero-order chi connectivity index (χ0) is 23.9. The van der Waals surface area contributed by atoms with Crippen molar-refractivity contribution in [2.75, 3.05) is 39.6 Å². The molecule has 0 aliphatic carbocycles. The first kappa shape index (κ1) is 25.6. The highest BCUT2D eigenvalue weighted by atomic mass is 32.2. The summed E-state index contributed by atoms with van der Waals surface area (Å²) in [6.45, 7) is 3.59. The number of hydrogen-bond acceptors (Lipinski definition) is 7. The number of methoxy groups -OCH3 is 1. The smallest absolute Gasteiger partial charge is 0.327 e. The zero-order valence-corrected chi connectivity index (χ0v) is 19.7. The van der Waals surface area contributed by atoms with Crippen molar-refractivity contribution in [1.82, 2.24) is 14.5 Å². The predicted octanol–water partition coefficient (Wildman–Crippen LogP) is 1.23. The van der Waals surface area contributed by atoms with E-state index in [1.165, 1.54) is 12.0 Å². The number of benzene rings is 1. The standard InChI is InChI=1S/C21H31N3O7S/c1-21(2)19(26)24(20(27)23(21)3)13-8-9-16(18(25)30-4)15-32(28,29)22-12-14-31-17-10-6-5-7-11-17/h5-7,10-11,16,22H,8-9,12-15H2,1-4H3.